The highest BCUT2D eigenvalue weighted by molar-refractivity contribution is 5.95. The van der Waals surface area contributed by atoms with E-state index >= 15 is 0 Å². The lowest BCUT2D eigenvalue weighted by atomic mass is 10.1. The first-order chi connectivity index (χ1) is 13.8. The van der Waals surface area contributed by atoms with Gasteiger partial charge in [-0.3, -0.25) is 14.9 Å². The molecule has 3 aromatic carbocycles. The van der Waals surface area contributed by atoms with E-state index in [0.717, 1.165) is 29.3 Å². The second-order valence-corrected chi connectivity index (χ2v) is 6.59. The van der Waals surface area contributed by atoms with Crippen LogP contribution in [0.25, 0.3) is 0 Å². The van der Waals surface area contributed by atoms with Crippen LogP contribution in [0.4, 0.5) is 15.8 Å². The van der Waals surface area contributed by atoms with Gasteiger partial charge in [-0.05, 0) is 37.1 Å². The van der Waals surface area contributed by atoms with Crippen LogP contribution in [0.2, 0.25) is 0 Å². The van der Waals surface area contributed by atoms with Gasteiger partial charge in [0, 0.05) is 23.4 Å². The molecule has 29 heavy (non-hydrogen) atoms. The van der Waals surface area contributed by atoms with Crippen LogP contribution in [-0.2, 0) is 4.79 Å². The number of hydrogen-bond donors (Lipinski definition) is 1. The van der Waals surface area contributed by atoms with E-state index in [0.29, 0.717) is 11.3 Å². The molecule has 0 saturated heterocycles. The highest BCUT2D eigenvalue weighted by Gasteiger charge is 2.27. The monoisotopic (exact) mass is 394 g/mol. The number of halogens is 1. The smallest absolute Gasteiger partial charge is 0.311 e. The average molecular weight is 394 g/mol. The molecule has 3 aromatic rings. The largest absolute Gasteiger partial charge is 0.468 e. The molecular weight excluding hydrogens is 375 g/mol. The molecule has 0 aliphatic carbocycles. The van der Waals surface area contributed by atoms with Crippen LogP contribution in [-0.4, -0.2) is 10.8 Å². The third-order valence-electron chi connectivity index (χ3n) is 4.35. The van der Waals surface area contributed by atoms with Gasteiger partial charge in [-0.25, -0.2) is 4.39 Å². The molecule has 0 aliphatic rings. The molecule has 0 saturated carbocycles. The zero-order chi connectivity index (χ0) is 21.0. The van der Waals surface area contributed by atoms with E-state index in [1.54, 1.807) is 30.3 Å². The van der Waals surface area contributed by atoms with Crippen molar-refractivity contribution < 1.29 is 18.8 Å². The molecule has 1 amide bonds. The zero-order valence-corrected chi connectivity index (χ0v) is 15.9. The number of nitrogens with zero attached hydrogens (tertiary/aromatic N) is 1. The van der Waals surface area contributed by atoms with E-state index < -0.39 is 28.4 Å². The third kappa shape index (κ3) is 4.76. The Morgan fingerprint density at radius 3 is 2.48 bits per heavy atom. The number of ether oxygens (including phenoxy) is 1. The molecule has 0 unspecified atom stereocenters. The minimum atomic E-state index is -1.21. The lowest BCUT2D eigenvalue weighted by molar-refractivity contribution is -0.386. The van der Waals surface area contributed by atoms with Crippen LogP contribution in [0.1, 0.15) is 22.8 Å². The van der Waals surface area contributed by atoms with Gasteiger partial charge >= 0.3 is 5.69 Å². The first kappa shape index (κ1) is 20.0. The normalized spacial score (nSPS) is 11.6. The Morgan fingerprint density at radius 2 is 1.79 bits per heavy atom. The SMILES string of the molecule is Cc1ccc(C)c(NC(=O)[C@H](Oc2cc(F)ccc2[N+](=O)[O-])c2ccccc2)c1. The molecule has 1 atom stereocenters. The molecule has 3 rings (SSSR count). The molecule has 7 heteroatoms. The number of carbonyl (C=O) groups is 1. The van der Waals surface area contributed by atoms with Crippen molar-refractivity contribution in [3.63, 3.8) is 0 Å². The molecule has 0 radical (unpaired) electrons. The standard InChI is InChI=1S/C22H19FN2O4/c1-14-8-9-15(2)18(12-14)24-22(26)21(16-6-4-3-5-7-16)29-20-13-17(23)10-11-19(20)25(27)28/h3-13,21H,1-2H3,(H,24,26)/t21-/m1/s1. The minimum absolute atomic E-state index is 0.319. The van der Waals surface area contributed by atoms with E-state index in [9.17, 15) is 19.3 Å². The number of benzene rings is 3. The van der Waals surface area contributed by atoms with Crippen molar-refractivity contribution in [1.82, 2.24) is 0 Å². The summed E-state index contributed by atoms with van der Waals surface area (Å²) in [5.41, 5.74) is 2.48. The van der Waals surface area contributed by atoms with Crippen molar-refractivity contribution in [2.45, 2.75) is 20.0 Å². The number of anilines is 1. The van der Waals surface area contributed by atoms with E-state index in [1.165, 1.54) is 0 Å². The Labute approximate surface area is 167 Å². The topological polar surface area (TPSA) is 81.5 Å². The summed E-state index contributed by atoms with van der Waals surface area (Å²) in [5.74, 6) is -1.55. The number of hydrogen-bond acceptors (Lipinski definition) is 4. The predicted octanol–water partition coefficient (Wildman–Crippen LogP) is 5.11. The second-order valence-electron chi connectivity index (χ2n) is 6.59. The Bertz CT molecular complexity index is 1050. The summed E-state index contributed by atoms with van der Waals surface area (Å²) in [5, 5.41) is 14.1. The average Bonchev–Trinajstić information content (AvgIpc) is 2.69. The maximum atomic E-state index is 13.7. The maximum Gasteiger partial charge on any atom is 0.311 e. The van der Waals surface area contributed by atoms with Crippen LogP contribution < -0.4 is 10.1 Å². The van der Waals surface area contributed by atoms with Gasteiger partial charge < -0.3 is 10.1 Å². The molecule has 0 fully saturated rings. The summed E-state index contributed by atoms with van der Waals surface area (Å²) in [6.07, 6.45) is -1.21. The number of nitrogens with one attached hydrogen (secondary N) is 1. The number of rotatable bonds is 6. The van der Waals surface area contributed by atoms with Gasteiger partial charge in [0.15, 0.2) is 0 Å². The number of carbonyl (C=O) groups excluding carboxylic acids is 1. The molecule has 0 aliphatic heterocycles. The summed E-state index contributed by atoms with van der Waals surface area (Å²) < 4.78 is 19.4. The van der Waals surface area contributed by atoms with Crippen LogP contribution in [0.15, 0.2) is 66.7 Å². The van der Waals surface area contributed by atoms with Crippen LogP contribution in [0.5, 0.6) is 5.75 Å². The third-order valence-corrected chi connectivity index (χ3v) is 4.35. The predicted molar refractivity (Wildman–Crippen MR) is 107 cm³/mol. The van der Waals surface area contributed by atoms with Gasteiger partial charge in [0.1, 0.15) is 5.82 Å². The number of nitro groups is 1. The van der Waals surface area contributed by atoms with Gasteiger partial charge in [0.25, 0.3) is 5.91 Å². The van der Waals surface area contributed by atoms with Gasteiger partial charge in [-0.2, -0.15) is 0 Å². The lowest BCUT2D eigenvalue weighted by Gasteiger charge is -2.20. The van der Waals surface area contributed by atoms with Crippen LogP contribution in [0.3, 0.4) is 0 Å². The quantitative estimate of drug-likeness (QED) is 0.465. The highest BCUT2D eigenvalue weighted by Crippen LogP contribution is 2.32. The van der Waals surface area contributed by atoms with Gasteiger partial charge in [-0.15, -0.1) is 0 Å². The van der Waals surface area contributed by atoms with Crippen LogP contribution >= 0.6 is 0 Å². The first-order valence-corrected chi connectivity index (χ1v) is 8.89. The lowest BCUT2D eigenvalue weighted by Crippen LogP contribution is -2.26. The molecule has 6 nitrogen and oxygen atoms in total. The van der Waals surface area contributed by atoms with Crippen LogP contribution in [0, 0.1) is 29.8 Å². The van der Waals surface area contributed by atoms with E-state index in [1.807, 2.05) is 32.0 Å². The van der Waals surface area contributed by atoms with Crippen molar-refractivity contribution in [2.24, 2.45) is 0 Å². The number of amides is 1. The fraction of sp³-hybridized carbons (Fsp3) is 0.136. The van der Waals surface area contributed by atoms with Crippen molar-refractivity contribution in [1.29, 1.82) is 0 Å². The van der Waals surface area contributed by atoms with Gasteiger partial charge in [0.2, 0.25) is 11.9 Å². The summed E-state index contributed by atoms with van der Waals surface area (Å²) in [6.45, 7) is 3.75. The zero-order valence-electron chi connectivity index (χ0n) is 15.9. The van der Waals surface area contributed by atoms with E-state index in [4.69, 9.17) is 4.74 Å². The fourth-order valence-electron chi connectivity index (χ4n) is 2.83. The molecule has 148 valence electrons. The molecule has 0 aromatic heterocycles. The summed E-state index contributed by atoms with van der Waals surface area (Å²) in [6, 6.07) is 17.0. The Kier molecular flexibility index (Phi) is 5.87. The first-order valence-electron chi connectivity index (χ1n) is 8.89. The maximum absolute atomic E-state index is 13.7. The Hall–Kier alpha value is -3.74. The summed E-state index contributed by atoms with van der Waals surface area (Å²) in [4.78, 5) is 23.7. The van der Waals surface area contributed by atoms with Crippen molar-refractivity contribution in [2.75, 3.05) is 5.32 Å². The number of nitro benzene ring substituents is 1. The van der Waals surface area contributed by atoms with Crippen molar-refractivity contribution in [3.8, 4) is 5.75 Å². The summed E-state index contributed by atoms with van der Waals surface area (Å²) in [7, 11) is 0. The fourth-order valence-corrected chi connectivity index (χ4v) is 2.83. The summed E-state index contributed by atoms with van der Waals surface area (Å²) >= 11 is 0. The van der Waals surface area contributed by atoms with Crippen molar-refractivity contribution in [3.05, 3.63) is 99.4 Å². The highest BCUT2D eigenvalue weighted by atomic mass is 19.1. The number of aryl methyl sites for hydroxylation is 2. The molecule has 0 bridgehead atoms. The Balaban J connectivity index is 1.98. The minimum Gasteiger partial charge on any atom is -0.468 e. The Morgan fingerprint density at radius 1 is 1.07 bits per heavy atom. The van der Waals surface area contributed by atoms with Gasteiger partial charge in [0.05, 0.1) is 4.92 Å². The van der Waals surface area contributed by atoms with Gasteiger partial charge in [-0.1, -0.05) is 42.5 Å². The van der Waals surface area contributed by atoms with E-state index in [-0.39, 0.29) is 5.75 Å². The van der Waals surface area contributed by atoms with Crippen molar-refractivity contribution >= 4 is 17.3 Å². The molecule has 1 N–H and O–H groups in total. The molecular formula is C22H19FN2O4. The second kappa shape index (κ2) is 8.52. The molecule has 0 heterocycles. The molecule has 0 spiro atoms. The van der Waals surface area contributed by atoms with E-state index in [2.05, 4.69) is 5.32 Å².